The number of hydrogen-bond donors (Lipinski definition) is 0. The first-order valence-electron chi connectivity index (χ1n) is 6.74. The number of halogens is 1. The average Bonchev–Trinajstić information content (AvgIpc) is 2.45. The van der Waals surface area contributed by atoms with E-state index in [2.05, 4.69) is 15.9 Å². The maximum Gasteiger partial charge on any atom is 0.222 e. The molecule has 0 aliphatic heterocycles. The van der Waals surface area contributed by atoms with Gasteiger partial charge < -0.3 is 14.4 Å². The lowest BCUT2D eigenvalue weighted by Gasteiger charge is -2.15. The third kappa shape index (κ3) is 5.38. The molecule has 6 heteroatoms. The van der Waals surface area contributed by atoms with Crippen LogP contribution < -0.4 is 9.47 Å². The van der Waals surface area contributed by atoms with Gasteiger partial charge in [0.05, 0.1) is 17.7 Å². The Morgan fingerprint density at radius 1 is 1.33 bits per heavy atom. The Labute approximate surface area is 133 Å². The molecule has 0 radical (unpaired) electrons. The standard InChI is InChI=1S/C15H20BrNO4/c1-4-20-13-9-11(10-18)8-12(16)15(13)21-7-5-6-14(19)17(2)3/h8-10H,4-7H2,1-3H3. The van der Waals surface area contributed by atoms with E-state index in [1.54, 1.807) is 31.1 Å². The van der Waals surface area contributed by atoms with Crippen LogP contribution >= 0.6 is 15.9 Å². The molecule has 0 N–H and O–H groups in total. The predicted molar refractivity (Wildman–Crippen MR) is 84.1 cm³/mol. The van der Waals surface area contributed by atoms with Crippen molar-refractivity contribution in [3.05, 3.63) is 22.2 Å². The van der Waals surface area contributed by atoms with Crippen LogP contribution in [0.25, 0.3) is 0 Å². The molecule has 0 atom stereocenters. The molecule has 5 nitrogen and oxygen atoms in total. The van der Waals surface area contributed by atoms with E-state index in [0.29, 0.717) is 47.6 Å². The number of hydrogen-bond acceptors (Lipinski definition) is 4. The second-order valence-corrected chi connectivity index (χ2v) is 5.48. The summed E-state index contributed by atoms with van der Waals surface area (Å²) in [6.07, 6.45) is 1.80. The van der Waals surface area contributed by atoms with Gasteiger partial charge in [0, 0.05) is 26.1 Å². The largest absolute Gasteiger partial charge is 0.490 e. The first-order valence-corrected chi connectivity index (χ1v) is 7.53. The van der Waals surface area contributed by atoms with Crippen LogP contribution in [-0.2, 0) is 4.79 Å². The smallest absolute Gasteiger partial charge is 0.222 e. The number of rotatable bonds is 8. The van der Waals surface area contributed by atoms with Crippen molar-refractivity contribution in [1.29, 1.82) is 0 Å². The molecule has 0 saturated carbocycles. The Morgan fingerprint density at radius 3 is 2.62 bits per heavy atom. The summed E-state index contributed by atoms with van der Waals surface area (Å²) in [6.45, 7) is 2.74. The van der Waals surface area contributed by atoms with Crippen molar-refractivity contribution in [1.82, 2.24) is 4.90 Å². The highest BCUT2D eigenvalue weighted by molar-refractivity contribution is 9.10. The van der Waals surface area contributed by atoms with Gasteiger partial charge in [0.15, 0.2) is 11.5 Å². The molecule has 116 valence electrons. The van der Waals surface area contributed by atoms with E-state index in [9.17, 15) is 9.59 Å². The van der Waals surface area contributed by atoms with Crippen LogP contribution in [0.3, 0.4) is 0 Å². The summed E-state index contributed by atoms with van der Waals surface area (Å²) in [5.41, 5.74) is 0.514. The Hall–Kier alpha value is -1.56. The van der Waals surface area contributed by atoms with Crippen LogP contribution in [0.4, 0.5) is 0 Å². The van der Waals surface area contributed by atoms with Gasteiger partial charge in [0.25, 0.3) is 0 Å². The molecule has 0 saturated heterocycles. The summed E-state index contributed by atoms with van der Waals surface area (Å²) in [7, 11) is 3.45. The summed E-state index contributed by atoms with van der Waals surface area (Å²) in [4.78, 5) is 23.9. The fraction of sp³-hybridized carbons (Fsp3) is 0.467. The third-order valence-electron chi connectivity index (χ3n) is 2.75. The van der Waals surface area contributed by atoms with E-state index < -0.39 is 0 Å². The molecule has 0 fully saturated rings. The number of nitrogens with zero attached hydrogens (tertiary/aromatic N) is 1. The van der Waals surface area contributed by atoms with Gasteiger partial charge in [-0.25, -0.2) is 0 Å². The molecular formula is C15H20BrNO4. The summed E-state index contributed by atoms with van der Waals surface area (Å²) in [5, 5.41) is 0. The number of carbonyl (C=O) groups excluding carboxylic acids is 2. The Morgan fingerprint density at radius 2 is 2.05 bits per heavy atom. The lowest BCUT2D eigenvalue weighted by molar-refractivity contribution is -0.128. The zero-order valence-electron chi connectivity index (χ0n) is 12.5. The molecule has 0 heterocycles. The Balaban J connectivity index is 2.69. The van der Waals surface area contributed by atoms with Crippen LogP contribution in [0.2, 0.25) is 0 Å². The van der Waals surface area contributed by atoms with E-state index in [1.165, 1.54) is 0 Å². The fourth-order valence-corrected chi connectivity index (χ4v) is 2.25. The Bertz CT molecular complexity index is 503. The van der Waals surface area contributed by atoms with Gasteiger partial charge in [-0.2, -0.15) is 0 Å². The highest BCUT2D eigenvalue weighted by Gasteiger charge is 2.12. The van der Waals surface area contributed by atoms with Crippen molar-refractivity contribution in [2.75, 3.05) is 27.3 Å². The molecule has 0 spiro atoms. The van der Waals surface area contributed by atoms with Gasteiger partial charge in [-0.05, 0) is 41.4 Å². The molecule has 0 aliphatic carbocycles. The monoisotopic (exact) mass is 357 g/mol. The molecule has 1 amide bonds. The Kier molecular flexibility index (Phi) is 7.22. The number of carbonyl (C=O) groups is 2. The predicted octanol–water partition coefficient (Wildman–Crippen LogP) is 2.91. The summed E-state index contributed by atoms with van der Waals surface area (Å²) in [5.74, 6) is 1.15. The van der Waals surface area contributed by atoms with E-state index >= 15 is 0 Å². The zero-order valence-corrected chi connectivity index (χ0v) is 14.1. The van der Waals surface area contributed by atoms with Crippen LogP contribution in [0.1, 0.15) is 30.1 Å². The highest BCUT2D eigenvalue weighted by Crippen LogP contribution is 2.36. The van der Waals surface area contributed by atoms with Crippen molar-refractivity contribution in [3.63, 3.8) is 0 Å². The third-order valence-corrected chi connectivity index (χ3v) is 3.34. The van der Waals surface area contributed by atoms with Gasteiger partial charge >= 0.3 is 0 Å². The van der Waals surface area contributed by atoms with Gasteiger partial charge in [-0.1, -0.05) is 0 Å². The summed E-state index contributed by atoms with van der Waals surface area (Å²) >= 11 is 3.37. The maximum absolute atomic E-state index is 11.5. The second-order valence-electron chi connectivity index (χ2n) is 4.62. The number of amides is 1. The summed E-state index contributed by atoms with van der Waals surface area (Å²) in [6, 6.07) is 3.32. The second kappa shape index (κ2) is 8.67. The van der Waals surface area contributed by atoms with Crippen molar-refractivity contribution >= 4 is 28.1 Å². The molecule has 0 aromatic heterocycles. The van der Waals surface area contributed by atoms with Crippen molar-refractivity contribution < 1.29 is 19.1 Å². The lowest BCUT2D eigenvalue weighted by Crippen LogP contribution is -2.21. The van der Waals surface area contributed by atoms with E-state index in [0.717, 1.165) is 6.29 Å². The minimum atomic E-state index is 0.0685. The van der Waals surface area contributed by atoms with Crippen LogP contribution in [0, 0.1) is 0 Å². The van der Waals surface area contributed by atoms with Crippen LogP contribution in [0.5, 0.6) is 11.5 Å². The molecule has 0 bridgehead atoms. The van der Waals surface area contributed by atoms with E-state index in [1.807, 2.05) is 6.92 Å². The van der Waals surface area contributed by atoms with E-state index in [-0.39, 0.29) is 5.91 Å². The fourth-order valence-electron chi connectivity index (χ4n) is 1.68. The van der Waals surface area contributed by atoms with Crippen molar-refractivity contribution in [3.8, 4) is 11.5 Å². The molecule has 1 aromatic carbocycles. The first-order chi connectivity index (χ1) is 9.99. The molecule has 0 aliphatic rings. The SMILES string of the molecule is CCOc1cc(C=O)cc(Br)c1OCCCC(=O)N(C)C. The van der Waals surface area contributed by atoms with Crippen molar-refractivity contribution in [2.24, 2.45) is 0 Å². The van der Waals surface area contributed by atoms with Gasteiger partial charge in [0.1, 0.15) is 6.29 Å². The molecule has 0 unspecified atom stereocenters. The van der Waals surface area contributed by atoms with Gasteiger partial charge in [0.2, 0.25) is 5.91 Å². The quantitative estimate of drug-likeness (QED) is 0.530. The molecule has 1 rings (SSSR count). The average molecular weight is 358 g/mol. The highest BCUT2D eigenvalue weighted by atomic mass is 79.9. The normalized spacial score (nSPS) is 10.1. The number of benzene rings is 1. The number of ether oxygens (including phenoxy) is 2. The van der Waals surface area contributed by atoms with Crippen LogP contribution in [0.15, 0.2) is 16.6 Å². The molecular weight excluding hydrogens is 338 g/mol. The summed E-state index contributed by atoms with van der Waals surface area (Å²) < 4.78 is 11.8. The minimum absolute atomic E-state index is 0.0685. The first kappa shape index (κ1) is 17.5. The van der Waals surface area contributed by atoms with E-state index in [4.69, 9.17) is 9.47 Å². The topological polar surface area (TPSA) is 55.8 Å². The lowest BCUT2D eigenvalue weighted by atomic mass is 10.2. The van der Waals surface area contributed by atoms with Crippen LogP contribution in [-0.4, -0.2) is 44.4 Å². The maximum atomic E-state index is 11.5. The van der Waals surface area contributed by atoms with Gasteiger partial charge in [-0.15, -0.1) is 0 Å². The molecule has 21 heavy (non-hydrogen) atoms. The van der Waals surface area contributed by atoms with Crippen molar-refractivity contribution in [2.45, 2.75) is 19.8 Å². The minimum Gasteiger partial charge on any atom is -0.490 e. The molecule has 1 aromatic rings. The number of aldehydes is 1. The zero-order chi connectivity index (χ0) is 15.8. The van der Waals surface area contributed by atoms with Gasteiger partial charge in [-0.3, -0.25) is 9.59 Å².